The second-order valence-corrected chi connectivity index (χ2v) is 8.02. The van der Waals surface area contributed by atoms with Gasteiger partial charge in [-0.2, -0.15) is 5.10 Å². The zero-order valence-corrected chi connectivity index (χ0v) is 17.0. The Hall–Kier alpha value is -2.34. The number of ether oxygens (including phenoxy) is 1. The molecule has 27 heavy (non-hydrogen) atoms. The maximum Gasteiger partial charge on any atom is 0.317 e. The summed E-state index contributed by atoms with van der Waals surface area (Å²) >= 11 is 0. The number of amides is 2. The SMILES string of the molecule is Cc1nn(Cc2ccccc2)c(C)c1CNC(=O)N1CC(C)OC(C)(C)C1. The smallest absolute Gasteiger partial charge is 0.317 e. The molecule has 1 aliphatic rings. The number of rotatable bonds is 4. The molecule has 0 spiro atoms. The van der Waals surface area contributed by atoms with E-state index in [0.29, 0.717) is 19.6 Å². The minimum atomic E-state index is -0.318. The Morgan fingerprint density at radius 1 is 1.30 bits per heavy atom. The van der Waals surface area contributed by atoms with Gasteiger partial charge in [-0.25, -0.2) is 4.79 Å². The molecule has 2 heterocycles. The van der Waals surface area contributed by atoms with Gasteiger partial charge < -0.3 is 15.0 Å². The highest BCUT2D eigenvalue weighted by Crippen LogP contribution is 2.21. The summed E-state index contributed by atoms with van der Waals surface area (Å²) in [5, 5.41) is 7.73. The Morgan fingerprint density at radius 3 is 2.67 bits per heavy atom. The maximum absolute atomic E-state index is 12.7. The highest BCUT2D eigenvalue weighted by Gasteiger charge is 2.33. The van der Waals surface area contributed by atoms with Gasteiger partial charge in [0.25, 0.3) is 0 Å². The summed E-state index contributed by atoms with van der Waals surface area (Å²) in [6.07, 6.45) is 0.0385. The van der Waals surface area contributed by atoms with Gasteiger partial charge in [-0.15, -0.1) is 0 Å². The van der Waals surface area contributed by atoms with Crippen molar-refractivity contribution in [3.05, 3.63) is 52.8 Å². The van der Waals surface area contributed by atoms with E-state index in [2.05, 4.69) is 29.5 Å². The van der Waals surface area contributed by atoms with Gasteiger partial charge in [0.05, 0.1) is 30.5 Å². The van der Waals surface area contributed by atoms with Crippen molar-refractivity contribution in [1.82, 2.24) is 20.0 Å². The van der Waals surface area contributed by atoms with Crippen LogP contribution in [0.4, 0.5) is 4.79 Å². The summed E-state index contributed by atoms with van der Waals surface area (Å²) < 4.78 is 7.89. The largest absolute Gasteiger partial charge is 0.369 e. The van der Waals surface area contributed by atoms with E-state index in [-0.39, 0.29) is 17.7 Å². The van der Waals surface area contributed by atoms with Crippen molar-refractivity contribution >= 4 is 6.03 Å². The van der Waals surface area contributed by atoms with Gasteiger partial charge in [0.2, 0.25) is 0 Å². The molecule has 0 bridgehead atoms. The van der Waals surface area contributed by atoms with Crippen molar-refractivity contribution in [1.29, 1.82) is 0 Å². The molecule has 1 aromatic heterocycles. The molecular weight excluding hydrogens is 340 g/mol. The molecule has 2 aromatic rings. The number of aryl methyl sites for hydroxylation is 1. The Kier molecular flexibility index (Phi) is 5.56. The monoisotopic (exact) mass is 370 g/mol. The van der Waals surface area contributed by atoms with E-state index in [1.807, 2.05) is 55.5 Å². The molecular formula is C21H30N4O2. The normalized spacial score (nSPS) is 19.1. The van der Waals surface area contributed by atoms with Crippen LogP contribution in [0.15, 0.2) is 30.3 Å². The first-order chi connectivity index (χ1) is 12.7. The Labute approximate surface area is 161 Å². The molecule has 0 aliphatic carbocycles. The van der Waals surface area contributed by atoms with Crippen LogP contribution in [0.5, 0.6) is 0 Å². The maximum atomic E-state index is 12.7. The Balaban J connectivity index is 1.65. The molecule has 1 fully saturated rings. The van der Waals surface area contributed by atoms with Crippen molar-refractivity contribution in [3.8, 4) is 0 Å². The fourth-order valence-corrected chi connectivity index (χ4v) is 3.78. The predicted octanol–water partition coefficient (Wildman–Crippen LogP) is 3.26. The first kappa shape index (κ1) is 19.4. The molecule has 1 aromatic carbocycles. The average Bonchev–Trinajstić information content (AvgIpc) is 2.85. The summed E-state index contributed by atoms with van der Waals surface area (Å²) in [5.41, 5.74) is 4.02. The van der Waals surface area contributed by atoms with Gasteiger partial charge in [-0.3, -0.25) is 4.68 Å². The van der Waals surface area contributed by atoms with Crippen LogP contribution in [0.2, 0.25) is 0 Å². The zero-order chi connectivity index (χ0) is 19.6. The summed E-state index contributed by atoms with van der Waals surface area (Å²) in [4.78, 5) is 14.5. The molecule has 3 rings (SSSR count). The number of carbonyl (C=O) groups is 1. The lowest BCUT2D eigenvalue weighted by atomic mass is 10.1. The van der Waals surface area contributed by atoms with Gasteiger partial charge in [-0.05, 0) is 40.2 Å². The molecule has 1 atom stereocenters. The molecule has 1 aliphatic heterocycles. The van der Waals surface area contributed by atoms with Crippen LogP contribution in [0, 0.1) is 13.8 Å². The van der Waals surface area contributed by atoms with Crippen LogP contribution < -0.4 is 5.32 Å². The molecule has 0 radical (unpaired) electrons. The Morgan fingerprint density at radius 2 is 2.00 bits per heavy atom. The lowest BCUT2D eigenvalue weighted by Crippen LogP contribution is -2.56. The number of aromatic nitrogens is 2. The molecule has 6 heteroatoms. The molecule has 1 N–H and O–H groups in total. The third-order valence-electron chi connectivity index (χ3n) is 4.98. The standard InChI is InChI=1S/C21H30N4O2/c1-15-12-24(14-21(4,5)27-15)20(26)22-11-19-16(2)23-25(17(19)3)13-18-9-7-6-8-10-18/h6-10,15H,11-14H2,1-5H3,(H,22,26). The van der Waals surface area contributed by atoms with Gasteiger partial charge in [0.15, 0.2) is 0 Å². The number of nitrogens with zero attached hydrogens (tertiary/aromatic N) is 3. The van der Waals surface area contributed by atoms with Crippen LogP contribution in [-0.2, 0) is 17.8 Å². The Bertz CT molecular complexity index is 798. The van der Waals surface area contributed by atoms with Crippen LogP contribution in [-0.4, -0.2) is 45.5 Å². The minimum Gasteiger partial charge on any atom is -0.369 e. The fourth-order valence-electron chi connectivity index (χ4n) is 3.78. The predicted molar refractivity (Wildman–Crippen MR) is 106 cm³/mol. The quantitative estimate of drug-likeness (QED) is 0.899. The van der Waals surface area contributed by atoms with Crippen molar-refractivity contribution < 1.29 is 9.53 Å². The van der Waals surface area contributed by atoms with E-state index in [1.54, 1.807) is 0 Å². The number of morpholine rings is 1. The zero-order valence-electron chi connectivity index (χ0n) is 17.0. The van der Waals surface area contributed by atoms with E-state index >= 15 is 0 Å². The van der Waals surface area contributed by atoms with Crippen LogP contribution >= 0.6 is 0 Å². The average molecular weight is 370 g/mol. The van der Waals surface area contributed by atoms with Crippen molar-refractivity contribution in [2.45, 2.75) is 59.4 Å². The number of urea groups is 1. The second kappa shape index (κ2) is 7.72. The number of hydrogen-bond donors (Lipinski definition) is 1. The highest BCUT2D eigenvalue weighted by atomic mass is 16.5. The van der Waals surface area contributed by atoms with Crippen molar-refractivity contribution in [3.63, 3.8) is 0 Å². The number of carbonyl (C=O) groups excluding carboxylic acids is 1. The lowest BCUT2D eigenvalue weighted by Gasteiger charge is -2.41. The van der Waals surface area contributed by atoms with Crippen LogP contribution in [0.25, 0.3) is 0 Å². The topological polar surface area (TPSA) is 59.4 Å². The number of hydrogen-bond acceptors (Lipinski definition) is 3. The molecule has 2 amide bonds. The van der Waals surface area contributed by atoms with Gasteiger partial charge in [0, 0.05) is 24.3 Å². The van der Waals surface area contributed by atoms with E-state index in [1.165, 1.54) is 5.56 Å². The summed E-state index contributed by atoms with van der Waals surface area (Å²) in [6.45, 7) is 12.5. The van der Waals surface area contributed by atoms with Crippen molar-refractivity contribution in [2.24, 2.45) is 0 Å². The second-order valence-electron chi connectivity index (χ2n) is 8.02. The van der Waals surface area contributed by atoms with Crippen LogP contribution in [0.1, 0.15) is 43.3 Å². The molecule has 0 saturated carbocycles. The number of benzene rings is 1. The van der Waals surface area contributed by atoms with E-state index in [9.17, 15) is 4.79 Å². The third-order valence-corrected chi connectivity index (χ3v) is 4.98. The minimum absolute atomic E-state index is 0.0385. The lowest BCUT2D eigenvalue weighted by molar-refractivity contribution is -0.117. The van der Waals surface area contributed by atoms with Crippen molar-refractivity contribution in [2.75, 3.05) is 13.1 Å². The summed E-state index contributed by atoms with van der Waals surface area (Å²) in [5.74, 6) is 0. The van der Waals surface area contributed by atoms with Gasteiger partial charge in [0.1, 0.15) is 0 Å². The molecule has 6 nitrogen and oxygen atoms in total. The van der Waals surface area contributed by atoms with E-state index in [0.717, 1.165) is 23.5 Å². The molecule has 146 valence electrons. The molecule has 1 saturated heterocycles. The van der Waals surface area contributed by atoms with E-state index in [4.69, 9.17) is 4.74 Å². The van der Waals surface area contributed by atoms with Crippen LogP contribution in [0.3, 0.4) is 0 Å². The third kappa shape index (κ3) is 4.69. The van der Waals surface area contributed by atoms with E-state index < -0.39 is 0 Å². The molecule has 1 unspecified atom stereocenters. The summed E-state index contributed by atoms with van der Waals surface area (Å²) in [7, 11) is 0. The highest BCUT2D eigenvalue weighted by molar-refractivity contribution is 5.74. The van der Waals surface area contributed by atoms with Gasteiger partial charge in [-0.1, -0.05) is 30.3 Å². The number of nitrogens with one attached hydrogen (secondary N) is 1. The first-order valence-electron chi connectivity index (χ1n) is 9.52. The fraction of sp³-hybridized carbons (Fsp3) is 0.524. The van der Waals surface area contributed by atoms with Gasteiger partial charge >= 0.3 is 6.03 Å². The summed E-state index contributed by atoms with van der Waals surface area (Å²) in [6, 6.07) is 10.2. The first-order valence-corrected chi connectivity index (χ1v) is 9.52.